The summed E-state index contributed by atoms with van der Waals surface area (Å²) in [4.78, 5) is 0. The Balaban J connectivity index is 2.35. The minimum absolute atomic E-state index is 0.0160. The standard InChI is InChI=1S/C15H13F2IO/c1-10(18)19-15(11-2-6-13(16)7-3-11)12-4-8-14(17)9-5-12/h2-10,15H,1H3. The second-order valence-electron chi connectivity index (χ2n) is 4.16. The fourth-order valence-corrected chi connectivity index (χ4v) is 2.11. The van der Waals surface area contributed by atoms with Gasteiger partial charge >= 0.3 is 0 Å². The lowest BCUT2D eigenvalue weighted by atomic mass is 10.0. The molecule has 0 saturated heterocycles. The van der Waals surface area contributed by atoms with Gasteiger partial charge in [-0.1, -0.05) is 46.9 Å². The smallest absolute Gasteiger partial charge is 0.123 e. The van der Waals surface area contributed by atoms with Crippen molar-refractivity contribution in [2.75, 3.05) is 0 Å². The number of alkyl halides is 1. The molecule has 1 nitrogen and oxygen atoms in total. The van der Waals surface area contributed by atoms with Gasteiger partial charge in [-0.05, 0) is 42.3 Å². The SMILES string of the molecule is CC(I)OC(c1ccc(F)cc1)c1ccc(F)cc1. The summed E-state index contributed by atoms with van der Waals surface area (Å²) >= 11 is 2.15. The molecule has 4 heteroatoms. The highest BCUT2D eigenvalue weighted by atomic mass is 127. The zero-order chi connectivity index (χ0) is 13.8. The molecule has 1 atom stereocenters. The third-order valence-electron chi connectivity index (χ3n) is 2.67. The zero-order valence-corrected chi connectivity index (χ0v) is 12.5. The average Bonchev–Trinajstić information content (AvgIpc) is 2.38. The lowest BCUT2D eigenvalue weighted by Gasteiger charge is -2.20. The Hall–Kier alpha value is -1.01. The van der Waals surface area contributed by atoms with Gasteiger partial charge in [-0.15, -0.1) is 0 Å². The van der Waals surface area contributed by atoms with Crippen molar-refractivity contribution >= 4 is 22.6 Å². The summed E-state index contributed by atoms with van der Waals surface area (Å²) in [5.74, 6) is -0.576. The largest absolute Gasteiger partial charge is 0.356 e. The van der Waals surface area contributed by atoms with E-state index in [0.29, 0.717) is 0 Å². The van der Waals surface area contributed by atoms with Gasteiger partial charge in [0, 0.05) is 0 Å². The normalized spacial score (nSPS) is 12.7. The van der Waals surface area contributed by atoms with E-state index in [9.17, 15) is 8.78 Å². The molecule has 1 unspecified atom stereocenters. The topological polar surface area (TPSA) is 9.23 Å². The maximum atomic E-state index is 13.0. The summed E-state index contributed by atoms with van der Waals surface area (Å²) in [5.41, 5.74) is 1.69. The number of hydrogen-bond donors (Lipinski definition) is 0. The van der Waals surface area contributed by atoms with Gasteiger partial charge in [0.1, 0.15) is 21.8 Å². The molecule has 0 aliphatic carbocycles. The second-order valence-corrected chi connectivity index (χ2v) is 5.92. The fourth-order valence-electron chi connectivity index (χ4n) is 1.81. The van der Waals surface area contributed by atoms with Crippen LogP contribution < -0.4 is 0 Å². The first kappa shape index (κ1) is 14.4. The molecule has 2 rings (SSSR count). The third kappa shape index (κ3) is 3.98. The average molecular weight is 374 g/mol. The van der Waals surface area contributed by atoms with E-state index in [4.69, 9.17) is 4.74 Å². The van der Waals surface area contributed by atoms with Crippen molar-refractivity contribution in [1.82, 2.24) is 0 Å². The van der Waals surface area contributed by atoms with Crippen molar-refractivity contribution in [3.63, 3.8) is 0 Å². The number of ether oxygens (including phenoxy) is 1. The van der Waals surface area contributed by atoms with Crippen LogP contribution >= 0.6 is 22.6 Å². The first-order valence-electron chi connectivity index (χ1n) is 5.87. The van der Waals surface area contributed by atoms with Gasteiger partial charge in [-0.2, -0.15) is 0 Å². The molecule has 0 bridgehead atoms. The lowest BCUT2D eigenvalue weighted by Crippen LogP contribution is -2.10. The van der Waals surface area contributed by atoms with Gasteiger partial charge in [0.25, 0.3) is 0 Å². The van der Waals surface area contributed by atoms with E-state index in [1.165, 1.54) is 24.3 Å². The number of rotatable bonds is 4. The van der Waals surface area contributed by atoms with Crippen molar-refractivity contribution in [3.8, 4) is 0 Å². The molecule has 100 valence electrons. The van der Waals surface area contributed by atoms with E-state index in [1.54, 1.807) is 24.3 Å². The zero-order valence-electron chi connectivity index (χ0n) is 10.3. The predicted molar refractivity (Wildman–Crippen MR) is 79.2 cm³/mol. The minimum atomic E-state index is -0.326. The van der Waals surface area contributed by atoms with Crippen LogP contribution in [0.4, 0.5) is 8.78 Å². The van der Waals surface area contributed by atoms with Crippen LogP contribution in [0.5, 0.6) is 0 Å². The van der Waals surface area contributed by atoms with E-state index in [1.807, 2.05) is 6.92 Å². The Morgan fingerprint density at radius 1 is 0.842 bits per heavy atom. The summed E-state index contributed by atoms with van der Waals surface area (Å²) in [5, 5.41) is 0. The van der Waals surface area contributed by atoms with Crippen molar-refractivity contribution in [1.29, 1.82) is 0 Å². The summed E-state index contributed by atoms with van der Waals surface area (Å²) < 4.78 is 31.8. The molecule has 0 N–H and O–H groups in total. The van der Waals surface area contributed by atoms with Crippen LogP contribution in [0.15, 0.2) is 48.5 Å². The number of benzene rings is 2. The fraction of sp³-hybridized carbons (Fsp3) is 0.200. The second kappa shape index (κ2) is 6.43. The van der Waals surface area contributed by atoms with Gasteiger partial charge in [0.2, 0.25) is 0 Å². The molecule has 0 saturated carbocycles. The Labute approximate surface area is 124 Å². The van der Waals surface area contributed by atoms with Gasteiger partial charge in [-0.3, -0.25) is 0 Å². The summed E-state index contributed by atoms with van der Waals surface area (Å²) in [6, 6.07) is 12.3. The van der Waals surface area contributed by atoms with Crippen molar-refractivity contribution in [3.05, 3.63) is 71.3 Å². The van der Waals surface area contributed by atoms with E-state index in [2.05, 4.69) is 22.6 Å². The van der Waals surface area contributed by atoms with Crippen molar-refractivity contribution in [2.24, 2.45) is 0 Å². The van der Waals surface area contributed by atoms with Crippen molar-refractivity contribution in [2.45, 2.75) is 17.1 Å². The monoisotopic (exact) mass is 374 g/mol. The first-order valence-corrected chi connectivity index (χ1v) is 7.11. The molecular weight excluding hydrogens is 361 g/mol. The Morgan fingerprint density at radius 2 is 1.21 bits per heavy atom. The third-order valence-corrected chi connectivity index (χ3v) is 2.96. The molecule has 2 aromatic carbocycles. The van der Waals surface area contributed by atoms with E-state index in [0.717, 1.165) is 11.1 Å². The van der Waals surface area contributed by atoms with Crippen LogP contribution in [0.1, 0.15) is 24.2 Å². The van der Waals surface area contributed by atoms with Crippen LogP contribution in [0.2, 0.25) is 0 Å². The first-order chi connectivity index (χ1) is 9.06. The highest BCUT2D eigenvalue weighted by Crippen LogP contribution is 2.29. The number of halogens is 3. The molecule has 0 aliphatic heterocycles. The van der Waals surface area contributed by atoms with Gasteiger partial charge in [0.05, 0.1) is 0 Å². The van der Waals surface area contributed by atoms with Gasteiger partial charge < -0.3 is 4.74 Å². The molecule has 0 fully saturated rings. The molecule has 0 aliphatic rings. The van der Waals surface area contributed by atoms with Crippen LogP contribution in [-0.4, -0.2) is 4.11 Å². The summed E-state index contributed by atoms with van der Waals surface area (Å²) in [6.07, 6.45) is -0.326. The highest BCUT2D eigenvalue weighted by molar-refractivity contribution is 14.1. The quantitative estimate of drug-likeness (QED) is 0.549. The van der Waals surface area contributed by atoms with E-state index < -0.39 is 0 Å². The van der Waals surface area contributed by atoms with Crippen LogP contribution in [0.25, 0.3) is 0 Å². The van der Waals surface area contributed by atoms with E-state index >= 15 is 0 Å². The molecule has 0 aromatic heterocycles. The van der Waals surface area contributed by atoms with Gasteiger partial charge in [0.15, 0.2) is 0 Å². The molecule has 0 spiro atoms. The van der Waals surface area contributed by atoms with Crippen LogP contribution in [-0.2, 0) is 4.74 Å². The molecule has 0 amide bonds. The van der Waals surface area contributed by atoms with Crippen LogP contribution in [0.3, 0.4) is 0 Å². The number of hydrogen-bond acceptors (Lipinski definition) is 1. The minimum Gasteiger partial charge on any atom is -0.356 e. The van der Waals surface area contributed by atoms with Gasteiger partial charge in [-0.25, -0.2) is 8.78 Å². The Bertz CT molecular complexity index is 477. The Morgan fingerprint density at radius 3 is 1.53 bits per heavy atom. The molecule has 0 heterocycles. The molecular formula is C15H13F2IO. The molecule has 2 aromatic rings. The molecule has 0 radical (unpaired) electrons. The van der Waals surface area contributed by atoms with Crippen LogP contribution in [0, 0.1) is 11.6 Å². The van der Waals surface area contributed by atoms with Crippen molar-refractivity contribution < 1.29 is 13.5 Å². The predicted octanol–water partition coefficient (Wildman–Crippen LogP) is 4.85. The maximum Gasteiger partial charge on any atom is 0.123 e. The summed E-state index contributed by atoms with van der Waals surface area (Å²) in [6.45, 7) is 1.92. The Kier molecular flexibility index (Phi) is 4.87. The summed E-state index contributed by atoms with van der Waals surface area (Å²) in [7, 11) is 0. The van der Waals surface area contributed by atoms with E-state index in [-0.39, 0.29) is 21.8 Å². The highest BCUT2D eigenvalue weighted by Gasteiger charge is 2.17. The maximum absolute atomic E-state index is 13.0. The molecule has 19 heavy (non-hydrogen) atoms. The lowest BCUT2D eigenvalue weighted by molar-refractivity contribution is 0.0794.